The highest BCUT2D eigenvalue weighted by Gasteiger charge is 2.16. The molecule has 0 spiro atoms. The number of aromatic amines is 2. The van der Waals surface area contributed by atoms with Crippen LogP contribution in [0.3, 0.4) is 0 Å². The lowest BCUT2D eigenvalue weighted by atomic mass is 10.1. The molecule has 0 aliphatic heterocycles. The van der Waals surface area contributed by atoms with E-state index in [1.54, 1.807) is 18.3 Å². The van der Waals surface area contributed by atoms with E-state index in [-0.39, 0.29) is 16.1 Å². The van der Waals surface area contributed by atoms with Crippen molar-refractivity contribution < 1.29 is 12.8 Å². The summed E-state index contributed by atoms with van der Waals surface area (Å²) in [6, 6.07) is 11.2. The Morgan fingerprint density at radius 3 is 2.48 bits per heavy atom. The summed E-state index contributed by atoms with van der Waals surface area (Å²) in [7, 11) is -3.85. The van der Waals surface area contributed by atoms with Crippen LogP contribution in [-0.2, 0) is 10.0 Å². The maximum atomic E-state index is 13.0. The Hall–Kier alpha value is -3.13. The van der Waals surface area contributed by atoms with Crippen molar-refractivity contribution in [2.24, 2.45) is 0 Å². The summed E-state index contributed by atoms with van der Waals surface area (Å²) in [6.45, 7) is 0. The topological polar surface area (TPSA) is 94.8 Å². The van der Waals surface area contributed by atoms with E-state index in [4.69, 9.17) is 0 Å². The molecule has 0 amide bonds. The van der Waals surface area contributed by atoms with Gasteiger partial charge in [-0.1, -0.05) is 0 Å². The van der Waals surface area contributed by atoms with E-state index in [0.717, 1.165) is 0 Å². The molecular weight excluding hydrogens is 345 g/mol. The van der Waals surface area contributed by atoms with Gasteiger partial charge >= 0.3 is 0 Å². The smallest absolute Gasteiger partial charge is 0.272 e. The molecule has 0 bridgehead atoms. The Morgan fingerprint density at radius 1 is 0.960 bits per heavy atom. The van der Waals surface area contributed by atoms with Gasteiger partial charge in [0.15, 0.2) is 0 Å². The largest absolute Gasteiger partial charge is 0.357 e. The summed E-state index contributed by atoms with van der Waals surface area (Å²) in [5.41, 5.74) is 0.911. The van der Waals surface area contributed by atoms with E-state index in [1.807, 2.05) is 0 Å². The van der Waals surface area contributed by atoms with Crippen LogP contribution in [0.25, 0.3) is 21.8 Å². The molecule has 8 heteroatoms. The highest BCUT2D eigenvalue weighted by Crippen LogP contribution is 2.25. The van der Waals surface area contributed by atoms with Crippen LogP contribution < -0.4 is 10.3 Å². The normalized spacial score (nSPS) is 11.9. The fourth-order valence-corrected chi connectivity index (χ4v) is 3.81. The number of rotatable bonds is 3. The molecule has 2 heterocycles. The molecule has 0 aliphatic rings. The van der Waals surface area contributed by atoms with Crippen molar-refractivity contribution in [3.63, 3.8) is 0 Å². The van der Waals surface area contributed by atoms with Crippen molar-refractivity contribution >= 4 is 37.5 Å². The van der Waals surface area contributed by atoms with Crippen LogP contribution >= 0.6 is 0 Å². The second-order valence-corrected chi connectivity index (χ2v) is 7.22. The van der Waals surface area contributed by atoms with Gasteiger partial charge < -0.3 is 9.97 Å². The van der Waals surface area contributed by atoms with E-state index in [2.05, 4.69) is 14.7 Å². The molecule has 0 atom stereocenters. The van der Waals surface area contributed by atoms with Gasteiger partial charge in [-0.2, -0.15) is 0 Å². The third-order valence-electron chi connectivity index (χ3n) is 3.91. The van der Waals surface area contributed by atoms with Crippen molar-refractivity contribution in [3.05, 3.63) is 70.9 Å². The fraction of sp³-hybridized carbons (Fsp3) is 0. The average molecular weight is 357 g/mol. The molecule has 0 fully saturated rings. The van der Waals surface area contributed by atoms with Gasteiger partial charge in [0.1, 0.15) is 11.3 Å². The van der Waals surface area contributed by atoms with E-state index < -0.39 is 15.8 Å². The molecule has 0 saturated heterocycles. The number of anilines is 1. The first-order chi connectivity index (χ1) is 11.9. The Labute approximate surface area is 141 Å². The standard InChI is InChI=1S/C17H12FN3O3S/c18-10-1-3-11(4-2-10)21-25(23,24)12-5-6-15-14(9-12)13-7-8-19-16(13)17(22)20-15/h1-9,19,21H,(H,20,22). The van der Waals surface area contributed by atoms with Crippen molar-refractivity contribution in [2.75, 3.05) is 4.72 Å². The lowest BCUT2D eigenvalue weighted by Crippen LogP contribution is -2.13. The van der Waals surface area contributed by atoms with Crippen LogP contribution in [-0.4, -0.2) is 18.4 Å². The van der Waals surface area contributed by atoms with Gasteiger partial charge in [0.2, 0.25) is 0 Å². The Bertz CT molecular complexity index is 1260. The molecule has 126 valence electrons. The average Bonchev–Trinajstić information content (AvgIpc) is 3.07. The monoisotopic (exact) mass is 357 g/mol. The number of halogens is 1. The minimum atomic E-state index is -3.85. The molecule has 25 heavy (non-hydrogen) atoms. The number of aromatic nitrogens is 2. The Balaban J connectivity index is 1.84. The molecule has 4 rings (SSSR count). The minimum Gasteiger partial charge on any atom is -0.357 e. The second-order valence-electron chi connectivity index (χ2n) is 5.54. The molecule has 0 aliphatic carbocycles. The van der Waals surface area contributed by atoms with E-state index in [0.29, 0.717) is 21.8 Å². The number of pyridine rings is 1. The first-order valence-electron chi connectivity index (χ1n) is 7.35. The van der Waals surface area contributed by atoms with Crippen LogP contribution in [0.5, 0.6) is 0 Å². The zero-order valence-electron chi connectivity index (χ0n) is 12.7. The number of nitrogens with one attached hydrogen (secondary N) is 3. The Kier molecular flexibility index (Phi) is 3.36. The molecular formula is C17H12FN3O3S. The van der Waals surface area contributed by atoms with Gasteiger partial charge in [0.05, 0.1) is 4.90 Å². The van der Waals surface area contributed by atoms with Crippen LogP contribution in [0.15, 0.2) is 64.4 Å². The number of benzene rings is 2. The van der Waals surface area contributed by atoms with Crippen LogP contribution in [0.2, 0.25) is 0 Å². The van der Waals surface area contributed by atoms with Crippen molar-refractivity contribution in [1.82, 2.24) is 9.97 Å². The third-order valence-corrected chi connectivity index (χ3v) is 5.29. The van der Waals surface area contributed by atoms with E-state index in [9.17, 15) is 17.6 Å². The number of H-pyrrole nitrogens is 2. The summed E-state index contributed by atoms with van der Waals surface area (Å²) in [5.74, 6) is -0.451. The van der Waals surface area contributed by atoms with Gasteiger partial charge in [-0.05, 0) is 48.5 Å². The number of hydrogen-bond acceptors (Lipinski definition) is 3. The lowest BCUT2D eigenvalue weighted by Gasteiger charge is -2.09. The van der Waals surface area contributed by atoms with Crippen LogP contribution in [0, 0.1) is 5.82 Å². The van der Waals surface area contributed by atoms with E-state index in [1.165, 1.54) is 36.4 Å². The van der Waals surface area contributed by atoms with Gasteiger partial charge in [-0.3, -0.25) is 9.52 Å². The summed E-state index contributed by atoms with van der Waals surface area (Å²) in [5, 5.41) is 1.25. The van der Waals surface area contributed by atoms with Gasteiger partial charge in [-0.25, -0.2) is 12.8 Å². The molecule has 0 saturated carbocycles. The molecule has 2 aromatic carbocycles. The highest BCUT2D eigenvalue weighted by molar-refractivity contribution is 7.92. The molecule has 0 unspecified atom stereocenters. The first kappa shape index (κ1) is 15.4. The highest BCUT2D eigenvalue weighted by atomic mass is 32.2. The summed E-state index contributed by atoms with van der Waals surface area (Å²) in [6.07, 6.45) is 1.62. The van der Waals surface area contributed by atoms with E-state index >= 15 is 0 Å². The van der Waals surface area contributed by atoms with Crippen LogP contribution in [0.1, 0.15) is 0 Å². The predicted molar refractivity (Wildman–Crippen MR) is 93.6 cm³/mol. The van der Waals surface area contributed by atoms with Crippen LogP contribution in [0.4, 0.5) is 10.1 Å². The minimum absolute atomic E-state index is 0.0406. The number of hydrogen-bond donors (Lipinski definition) is 3. The van der Waals surface area contributed by atoms with Crippen molar-refractivity contribution in [3.8, 4) is 0 Å². The fourth-order valence-electron chi connectivity index (χ4n) is 2.72. The lowest BCUT2D eigenvalue weighted by molar-refractivity contribution is 0.601. The number of fused-ring (bicyclic) bond motifs is 3. The zero-order valence-corrected chi connectivity index (χ0v) is 13.5. The predicted octanol–water partition coefficient (Wildman–Crippen LogP) is 2.95. The second kappa shape index (κ2) is 5.45. The molecule has 6 nitrogen and oxygen atoms in total. The summed E-state index contributed by atoms with van der Waals surface area (Å²) in [4.78, 5) is 17.5. The number of sulfonamides is 1. The van der Waals surface area contributed by atoms with Gasteiger partial charge in [-0.15, -0.1) is 0 Å². The van der Waals surface area contributed by atoms with Crippen molar-refractivity contribution in [2.45, 2.75) is 4.90 Å². The summed E-state index contributed by atoms with van der Waals surface area (Å²) < 4.78 is 40.5. The first-order valence-corrected chi connectivity index (χ1v) is 8.84. The quantitative estimate of drug-likeness (QED) is 0.526. The molecule has 2 aromatic heterocycles. The van der Waals surface area contributed by atoms with Crippen molar-refractivity contribution in [1.29, 1.82) is 0 Å². The zero-order chi connectivity index (χ0) is 17.6. The molecule has 0 radical (unpaired) electrons. The SMILES string of the molecule is O=c1[nH]c2ccc(S(=O)(=O)Nc3ccc(F)cc3)cc2c2cc[nH]c12. The molecule has 3 N–H and O–H groups in total. The third kappa shape index (κ3) is 2.66. The van der Waals surface area contributed by atoms with Gasteiger partial charge in [0, 0.05) is 28.2 Å². The Morgan fingerprint density at radius 2 is 1.72 bits per heavy atom. The summed E-state index contributed by atoms with van der Waals surface area (Å²) >= 11 is 0. The maximum Gasteiger partial charge on any atom is 0.272 e. The molecule has 4 aromatic rings. The maximum absolute atomic E-state index is 13.0. The van der Waals surface area contributed by atoms with Gasteiger partial charge in [0.25, 0.3) is 15.6 Å².